The van der Waals surface area contributed by atoms with Crippen LogP contribution in [-0.4, -0.2) is 28.6 Å². The Hall–Kier alpha value is -3.60. The maximum Gasteiger partial charge on any atom is 0.251 e. The summed E-state index contributed by atoms with van der Waals surface area (Å²) >= 11 is 0. The molecule has 140 valence electrons. The smallest absolute Gasteiger partial charge is 0.251 e. The van der Waals surface area contributed by atoms with E-state index in [0.29, 0.717) is 18.7 Å². The quantitative estimate of drug-likeness (QED) is 0.502. The van der Waals surface area contributed by atoms with Gasteiger partial charge in [0.25, 0.3) is 5.91 Å². The molecule has 3 aromatic carbocycles. The molecular formula is C23H21N3O2. The number of fused-ring (bicyclic) bond motifs is 1. The number of nitrogens with one attached hydrogen (secondary N) is 1. The molecule has 0 spiro atoms. The van der Waals surface area contributed by atoms with E-state index in [9.17, 15) is 4.79 Å². The van der Waals surface area contributed by atoms with E-state index in [4.69, 9.17) is 4.74 Å². The van der Waals surface area contributed by atoms with Crippen LogP contribution in [0.25, 0.3) is 10.8 Å². The van der Waals surface area contributed by atoms with E-state index in [1.165, 1.54) is 0 Å². The molecule has 28 heavy (non-hydrogen) atoms. The van der Waals surface area contributed by atoms with Crippen molar-refractivity contribution in [1.29, 1.82) is 0 Å². The van der Waals surface area contributed by atoms with Crippen LogP contribution in [0.3, 0.4) is 0 Å². The summed E-state index contributed by atoms with van der Waals surface area (Å²) in [5.41, 5.74) is 1.76. The first kappa shape index (κ1) is 17.8. The number of benzene rings is 3. The molecule has 5 nitrogen and oxygen atoms in total. The van der Waals surface area contributed by atoms with Crippen molar-refractivity contribution in [2.75, 3.05) is 13.2 Å². The van der Waals surface area contributed by atoms with Crippen LogP contribution in [0.15, 0.2) is 85.5 Å². The van der Waals surface area contributed by atoms with Gasteiger partial charge in [0.05, 0.1) is 12.9 Å². The number of nitrogens with zero attached hydrogens (tertiary/aromatic N) is 2. The molecule has 0 radical (unpaired) electrons. The molecule has 5 heteroatoms. The van der Waals surface area contributed by atoms with Crippen molar-refractivity contribution in [3.8, 4) is 5.75 Å². The highest BCUT2D eigenvalue weighted by molar-refractivity contribution is 5.94. The Morgan fingerprint density at radius 3 is 2.64 bits per heavy atom. The van der Waals surface area contributed by atoms with Gasteiger partial charge >= 0.3 is 0 Å². The first-order valence-electron chi connectivity index (χ1n) is 9.23. The SMILES string of the molecule is O=C(NCCOc1cccc2ccccc12)c1ccc(Cn2ccnc2)cc1. The average Bonchev–Trinajstić information content (AvgIpc) is 3.25. The summed E-state index contributed by atoms with van der Waals surface area (Å²) in [6.45, 7) is 1.60. The fourth-order valence-electron chi connectivity index (χ4n) is 3.10. The monoisotopic (exact) mass is 371 g/mol. The van der Waals surface area contributed by atoms with Gasteiger partial charge in [-0.3, -0.25) is 4.79 Å². The molecule has 4 aromatic rings. The van der Waals surface area contributed by atoms with E-state index in [0.717, 1.165) is 28.6 Å². The number of hydrogen-bond donors (Lipinski definition) is 1. The zero-order valence-electron chi connectivity index (χ0n) is 15.4. The number of carbonyl (C=O) groups is 1. The Labute approximate surface area is 163 Å². The largest absolute Gasteiger partial charge is 0.491 e. The second kappa shape index (κ2) is 8.39. The second-order valence-corrected chi connectivity index (χ2v) is 6.51. The van der Waals surface area contributed by atoms with Crippen LogP contribution < -0.4 is 10.1 Å². The van der Waals surface area contributed by atoms with Gasteiger partial charge in [0.15, 0.2) is 0 Å². The van der Waals surface area contributed by atoms with Crippen LogP contribution >= 0.6 is 0 Å². The van der Waals surface area contributed by atoms with Gasteiger partial charge in [-0.2, -0.15) is 0 Å². The van der Waals surface area contributed by atoms with E-state index < -0.39 is 0 Å². The highest BCUT2D eigenvalue weighted by atomic mass is 16.5. The lowest BCUT2D eigenvalue weighted by molar-refractivity contribution is 0.0947. The minimum absolute atomic E-state index is 0.101. The Balaban J connectivity index is 1.28. The molecule has 0 aliphatic rings. The maximum absolute atomic E-state index is 12.3. The minimum Gasteiger partial charge on any atom is -0.491 e. The van der Waals surface area contributed by atoms with Crippen molar-refractivity contribution in [3.63, 3.8) is 0 Å². The predicted molar refractivity (Wildman–Crippen MR) is 110 cm³/mol. The van der Waals surface area contributed by atoms with Gasteiger partial charge in [0.1, 0.15) is 12.4 Å². The normalized spacial score (nSPS) is 10.7. The van der Waals surface area contributed by atoms with Crippen molar-refractivity contribution in [2.45, 2.75) is 6.54 Å². The van der Waals surface area contributed by atoms with E-state index in [1.807, 2.05) is 65.4 Å². The molecule has 4 rings (SSSR count). The van der Waals surface area contributed by atoms with Gasteiger partial charge in [-0.25, -0.2) is 4.98 Å². The number of imidazole rings is 1. The molecule has 1 heterocycles. The van der Waals surface area contributed by atoms with Crippen LogP contribution in [-0.2, 0) is 6.54 Å². The Kier molecular flexibility index (Phi) is 5.33. The van der Waals surface area contributed by atoms with Crippen LogP contribution in [0.4, 0.5) is 0 Å². The van der Waals surface area contributed by atoms with Crippen molar-refractivity contribution < 1.29 is 9.53 Å². The first-order chi connectivity index (χ1) is 13.8. The Morgan fingerprint density at radius 1 is 1.00 bits per heavy atom. The van der Waals surface area contributed by atoms with Crippen molar-refractivity contribution in [3.05, 3.63) is 96.6 Å². The van der Waals surface area contributed by atoms with Crippen LogP contribution in [0, 0.1) is 0 Å². The second-order valence-electron chi connectivity index (χ2n) is 6.51. The number of rotatable bonds is 7. The fourth-order valence-corrected chi connectivity index (χ4v) is 3.10. The molecule has 0 aliphatic carbocycles. The lowest BCUT2D eigenvalue weighted by atomic mass is 10.1. The Morgan fingerprint density at radius 2 is 1.82 bits per heavy atom. The lowest BCUT2D eigenvalue weighted by Gasteiger charge is -2.10. The van der Waals surface area contributed by atoms with Crippen molar-refractivity contribution >= 4 is 16.7 Å². The molecule has 0 aliphatic heterocycles. The first-order valence-corrected chi connectivity index (χ1v) is 9.23. The summed E-state index contributed by atoms with van der Waals surface area (Å²) in [4.78, 5) is 16.3. The third-order valence-electron chi connectivity index (χ3n) is 4.54. The molecule has 1 N–H and O–H groups in total. The minimum atomic E-state index is -0.101. The van der Waals surface area contributed by atoms with Gasteiger partial charge in [-0.05, 0) is 29.1 Å². The van der Waals surface area contributed by atoms with E-state index in [-0.39, 0.29) is 5.91 Å². The fraction of sp³-hybridized carbons (Fsp3) is 0.130. The summed E-state index contributed by atoms with van der Waals surface area (Å²) in [5.74, 6) is 0.729. The molecular weight excluding hydrogens is 350 g/mol. The van der Waals surface area contributed by atoms with Gasteiger partial charge in [-0.15, -0.1) is 0 Å². The number of ether oxygens (including phenoxy) is 1. The van der Waals surface area contributed by atoms with E-state index in [1.54, 1.807) is 12.5 Å². The van der Waals surface area contributed by atoms with Crippen LogP contribution in [0.5, 0.6) is 5.75 Å². The standard InChI is InChI=1S/C23H21N3O2/c27-23(20-10-8-18(9-11-20)16-26-14-12-24-17-26)25-13-15-28-22-7-3-5-19-4-1-2-6-21(19)22/h1-12,14,17H,13,15-16H2,(H,25,27). The summed E-state index contributed by atoms with van der Waals surface area (Å²) in [5, 5.41) is 5.12. The van der Waals surface area contributed by atoms with Gasteiger partial charge < -0.3 is 14.6 Å². The molecule has 1 aromatic heterocycles. The molecule has 0 saturated carbocycles. The van der Waals surface area contributed by atoms with Crippen LogP contribution in [0.1, 0.15) is 15.9 Å². The number of aromatic nitrogens is 2. The third-order valence-corrected chi connectivity index (χ3v) is 4.54. The average molecular weight is 371 g/mol. The number of hydrogen-bond acceptors (Lipinski definition) is 3. The molecule has 0 atom stereocenters. The summed E-state index contributed by atoms with van der Waals surface area (Å²) < 4.78 is 7.85. The highest BCUT2D eigenvalue weighted by Gasteiger charge is 2.06. The highest BCUT2D eigenvalue weighted by Crippen LogP contribution is 2.24. The summed E-state index contributed by atoms with van der Waals surface area (Å²) in [7, 11) is 0. The summed E-state index contributed by atoms with van der Waals surface area (Å²) in [6, 6.07) is 21.7. The van der Waals surface area contributed by atoms with Crippen molar-refractivity contribution in [1.82, 2.24) is 14.9 Å². The predicted octanol–water partition coefficient (Wildman–Crippen LogP) is 3.89. The molecule has 0 unspecified atom stereocenters. The number of amides is 1. The van der Waals surface area contributed by atoms with Gasteiger partial charge in [-0.1, -0.05) is 48.5 Å². The van der Waals surface area contributed by atoms with Crippen LogP contribution in [0.2, 0.25) is 0 Å². The lowest BCUT2D eigenvalue weighted by Crippen LogP contribution is -2.28. The van der Waals surface area contributed by atoms with E-state index in [2.05, 4.69) is 22.4 Å². The zero-order valence-corrected chi connectivity index (χ0v) is 15.4. The van der Waals surface area contributed by atoms with Crippen molar-refractivity contribution in [2.24, 2.45) is 0 Å². The third kappa shape index (κ3) is 4.20. The summed E-state index contributed by atoms with van der Waals surface area (Å²) in [6.07, 6.45) is 5.44. The molecule has 0 fully saturated rings. The zero-order chi connectivity index (χ0) is 19.2. The van der Waals surface area contributed by atoms with Gasteiger partial charge in [0, 0.05) is 29.9 Å². The van der Waals surface area contributed by atoms with Gasteiger partial charge in [0.2, 0.25) is 0 Å². The number of carbonyl (C=O) groups excluding carboxylic acids is 1. The molecule has 0 bridgehead atoms. The molecule has 0 saturated heterocycles. The maximum atomic E-state index is 12.3. The van der Waals surface area contributed by atoms with E-state index >= 15 is 0 Å². The topological polar surface area (TPSA) is 56.1 Å². The molecule has 1 amide bonds. The Bertz CT molecular complexity index is 1050.